The maximum absolute atomic E-state index is 12.2. The summed E-state index contributed by atoms with van der Waals surface area (Å²) in [5.74, 6) is 5.67. The van der Waals surface area contributed by atoms with E-state index in [2.05, 4.69) is 17.2 Å². The van der Waals surface area contributed by atoms with E-state index in [1.54, 1.807) is 6.07 Å². The Morgan fingerprint density at radius 1 is 1.50 bits per heavy atom. The molecule has 0 bridgehead atoms. The van der Waals surface area contributed by atoms with E-state index in [-0.39, 0.29) is 12.0 Å². The predicted molar refractivity (Wildman–Crippen MR) is 80.5 cm³/mol. The molecule has 0 spiro atoms. The van der Waals surface area contributed by atoms with Crippen LogP contribution in [-0.4, -0.2) is 31.7 Å². The van der Waals surface area contributed by atoms with Gasteiger partial charge in [0.15, 0.2) is 0 Å². The summed E-state index contributed by atoms with van der Waals surface area (Å²) in [4.78, 5) is 12.2. The van der Waals surface area contributed by atoms with Gasteiger partial charge in [-0.2, -0.15) is 0 Å². The van der Waals surface area contributed by atoms with Gasteiger partial charge in [-0.3, -0.25) is 4.79 Å². The van der Waals surface area contributed by atoms with Crippen molar-refractivity contribution in [2.45, 2.75) is 26.9 Å². The lowest BCUT2D eigenvalue weighted by molar-refractivity contribution is 0.0695. The highest BCUT2D eigenvalue weighted by Gasteiger charge is 2.11. The Balaban J connectivity index is 2.78. The standard InChI is InChI=1S/C16H22N2O2/c1-4-20-12(2)11-18-16(19)15-9-5-7-14(13(15)3)8-6-10-17/h5,7,9,12H,4,10-11,17H2,1-3H3,(H,18,19). The van der Waals surface area contributed by atoms with Gasteiger partial charge in [0.1, 0.15) is 0 Å². The summed E-state index contributed by atoms with van der Waals surface area (Å²) >= 11 is 0. The molecule has 1 atom stereocenters. The second-order valence-electron chi connectivity index (χ2n) is 4.46. The Bertz CT molecular complexity index is 515. The summed E-state index contributed by atoms with van der Waals surface area (Å²) in [5.41, 5.74) is 7.71. The third-order valence-electron chi connectivity index (χ3n) is 2.90. The number of benzene rings is 1. The number of hydrogen-bond donors (Lipinski definition) is 2. The first kappa shape index (κ1) is 16.2. The van der Waals surface area contributed by atoms with Crippen LogP contribution in [-0.2, 0) is 4.74 Å². The molecule has 3 N–H and O–H groups in total. The summed E-state index contributed by atoms with van der Waals surface area (Å²) in [5, 5.41) is 2.87. The van der Waals surface area contributed by atoms with Gasteiger partial charge in [-0.25, -0.2) is 0 Å². The Morgan fingerprint density at radius 2 is 2.25 bits per heavy atom. The van der Waals surface area contributed by atoms with E-state index >= 15 is 0 Å². The molecule has 1 aromatic carbocycles. The first-order valence-electron chi connectivity index (χ1n) is 6.78. The molecule has 1 rings (SSSR count). The van der Waals surface area contributed by atoms with Gasteiger partial charge in [0.25, 0.3) is 5.91 Å². The van der Waals surface area contributed by atoms with Crippen LogP contribution >= 0.6 is 0 Å². The Morgan fingerprint density at radius 3 is 2.90 bits per heavy atom. The molecule has 0 aromatic heterocycles. The maximum Gasteiger partial charge on any atom is 0.251 e. The van der Waals surface area contributed by atoms with E-state index in [0.717, 1.165) is 11.1 Å². The number of nitrogens with two attached hydrogens (primary N) is 1. The summed E-state index contributed by atoms with van der Waals surface area (Å²) < 4.78 is 5.38. The number of carbonyl (C=O) groups is 1. The molecule has 0 heterocycles. The largest absolute Gasteiger partial charge is 0.377 e. The van der Waals surface area contributed by atoms with Crippen LogP contribution in [0, 0.1) is 18.8 Å². The fourth-order valence-electron chi connectivity index (χ4n) is 1.84. The molecule has 0 aliphatic rings. The molecule has 108 valence electrons. The quantitative estimate of drug-likeness (QED) is 0.799. The van der Waals surface area contributed by atoms with E-state index in [1.807, 2.05) is 32.9 Å². The fourth-order valence-corrected chi connectivity index (χ4v) is 1.84. The molecule has 0 saturated heterocycles. The topological polar surface area (TPSA) is 64.3 Å². The van der Waals surface area contributed by atoms with Crippen molar-refractivity contribution in [3.8, 4) is 11.8 Å². The average Bonchev–Trinajstić information content (AvgIpc) is 2.44. The molecular weight excluding hydrogens is 252 g/mol. The minimum absolute atomic E-state index is 0.00414. The number of rotatable bonds is 5. The monoisotopic (exact) mass is 274 g/mol. The molecule has 4 nitrogen and oxygen atoms in total. The van der Waals surface area contributed by atoms with E-state index in [0.29, 0.717) is 25.3 Å². The lowest BCUT2D eigenvalue weighted by Gasteiger charge is -2.13. The van der Waals surface area contributed by atoms with E-state index in [4.69, 9.17) is 10.5 Å². The fraction of sp³-hybridized carbons (Fsp3) is 0.438. The van der Waals surface area contributed by atoms with Crippen LogP contribution < -0.4 is 11.1 Å². The highest BCUT2D eigenvalue weighted by molar-refractivity contribution is 5.96. The van der Waals surface area contributed by atoms with Gasteiger partial charge < -0.3 is 15.8 Å². The van der Waals surface area contributed by atoms with E-state index in [9.17, 15) is 4.79 Å². The van der Waals surface area contributed by atoms with Crippen molar-refractivity contribution in [1.29, 1.82) is 0 Å². The molecule has 0 fully saturated rings. The number of ether oxygens (including phenoxy) is 1. The van der Waals surface area contributed by atoms with Gasteiger partial charge in [0.2, 0.25) is 0 Å². The molecular formula is C16H22N2O2. The molecule has 1 aromatic rings. The molecule has 0 radical (unpaired) electrons. The van der Waals surface area contributed by atoms with E-state index < -0.39 is 0 Å². The van der Waals surface area contributed by atoms with Gasteiger partial charge >= 0.3 is 0 Å². The normalized spacial score (nSPS) is 11.4. The van der Waals surface area contributed by atoms with Crippen LogP contribution in [0.15, 0.2) is 18.2 Å². The molecule has 0 aliphatic heterocycles. The lowest BCUT2D eigenvalue weighted by Crippen LogP contribution is -2.32. The Kier molecular flexibility index (Phi) is 6.78. The molecule has 1 amide bonds. The minimum Gasteiger partial charge on any atom is -0.377 e. The van der Waals surface area contributed by atoms with Crippen LogP contribution in [0.25, 0.3) is 0 Å². The van der Waals surface area contributed by atoms with Gasteiger partial charge in [-0.05, 0) is 38.5 Å². The molecule has 0 aliphatic carbocycles. The smallest absolute Gasteiger partial charge is 0.251 e. The van der Waals surface area contributed by atoms with Gasteiger partial charge in [-0.1, -0.05) is 17.9 Å². The lowest BCUT2D eigenvalue weighted by atomic mass is 10.0. The van der Waals surface area contributed by atoms with Crippen molar-refractivity contribution in [3.05, 3.63) is 34.9 Å². The first-order valence-corrected chi connectivity index (χ1v) is 6.78. The highest BCUT2D eigenvalue weighted by Crippen LogP contribution is 2.12. The van der Waals surface area contributed by atoms with Crippen molar-refractivity contribution < 1.29 is 9.53 Å². The van der Waals surface area contributed by atoms with Crippen LogP contribution in [0.5, 0.6) is 0 Å². The maximum atomic E-state index is 12.2. The second kappa shape index (κ2) is 8.36. The van der Waals surface area contributed by atoms with Crippen molar-refractivity contribution in [2.24, 2.45) is 5.73 Å². The highest BCUT2D eigenvalue weighted by atomic mass is 16.5. The van der Waals surface area contributed by atoms with Gasteiger partial charge in [-0.15, -0.1) is 0 Å². The van der Waals surface area contributed by atoms with Crippen molar-refractivity contribution >= 4 is 5.91 Å². The van der Waals surface area contributed by atoms with Crippen molar-refractivity contribution in [3.63, 3.8) is 0 Å². The minimum atomic E-state index is -0.106. The second-order valence-corrected chi connectivity index (χ2v) is 4.46. The Labute approximate surface area is 120 Å². The molecule has 20 heavy (non-hydrogen) atoms. The van der Waals surface area contributed by atoms with Gasteiger partial charge in [0, 0.05) is 24.3 Å². The van der Waals surface area contributed by atoms with Crippen LogP contribution in [0.1, 0.15) is 35.3 Å². The zero-order chi connectivity index (χ0) is 15.0. The third-order valence-corrected chi connectivity index (χ3v) is 2.90. The van der Waals surface area contributed by atoms with Crippen molar-refractivity contribution in [2.75, 3.05) is 19.7 Å². The van der Waals surface area contributed by atoms with Crippen LogP contribution in [0.4, 0.5) is 0 Å². The molecule has 0 saturated carbocycles. The van der Waals surface area contributed by atoms with Gasteiger partial charge in [0.05, 0.1) is 12.6 Å². The first-order chi connectivity index (χ1) is 9.60. The summed E-state index contributed by atoms with van der Waals surface area (Å²) in [7, 11) is 0. The van der Waals surface area contributed by atoms with Crippen molar-refractivity contribution in [1.82, 2.24) is 5.32 Å². The number of amides is 1. The summed E-state index contributed by atoms with van der Waals surface area (Å²) in [6.45, 7) is 7.19. The molecule has 4 heteroatoms. The molecule has 1 unspecified atom stereocenters. The van der Waals surface area contributed by atoms with Crippen LogP contribution in [0.3, 0.4) is 0 Å². The number of hydrogen-bond acceptors (Lipinski definition) is 3. The summed E-state index contributed by atoms with van der Waals surface area (Å²) in [6.07, 6.45) is 0.00414. The number of nitrogens with one attached hydrogen (secondary N) is 1. The van der Waals surface area contributed by atoms with Crippen LogP contribution in [0.2, 0.25) is 0 Å². The SMILES string of the molecule is CCOC(C)CNC(=O)c1cccc(C#CCN)c1C. The number of carbonyl (C=O) groups excluding carboxylic acids is 1. The summed E-state index contributed by atoms with van der Waals surface area (Å²) in [6, 6.07) is 5.51. The Hall–Kier alpha value is -1.83. The zero-order valence-electron chi connectivity index (χ0n) is 12.3. The average molecular weight is 274 g/mol. The predicted octanol–water partition coefficient (Wildman–Crippen LogP) is 1.46. The zero-order valence-corrected chi connectivity index (χ0v) is 12.3. The van der Waals surface area contributed by atoms with E-state index in [1.165, 1.54) is 0 Å². The third kappa shape index (κ3) is 4.69.